The van der Waals surface area contributed by atoms with Crippen LogP contribution in [0.4, 0.5) is 0 Å². The Kier molecular flexibility index (Phi) is 2.74. The summed E-state index contributed by atoms with van der Waals surface area (Å²) in [6.45, 7) is 0. The van der Waals surface area contributed by atoms with Crippen molar-refractivity contribution in [3.8, 4) is 0 Å². The summed E-state index contributed by atoms with van der Waals surface area (Å²) in [5, 5.41) is 0. The summed E-state index contributed by atoms with van der Waals surface area (Å²) in [4.78, 5) is 0. The van der Waals surface area contributed by atoms with Crippen LogP contribution >= 0.6 is 0 Å². The van der Waals surface area contributed by atoms with Crippen molar-refractivity contribution >= 4 is 20.6 Å². The monoisotopic (exact) mass is 173 g/mol. The molecule has 6 nitrogen and oxygen atoms in total. The Morgan fingerprint density at radius 1 is 1.44 bits per heavy atom. The van der Waals surface area contributed by atoms with Gasteiger partial charge in [-0.05, 0) is 0 Å². The van der Waals surface area contributed by atoms with E-state index in [2.05, 4.69) is 8.81 Å². The molecule has 9 heavy (non-hydrogen) atoms. The zero-order chi connectivity index (χ0) is 7.49. The van der Waals surface area contributed by atoms with Crippen molar-refractivity contribution in [3.63, 3.8) is 0 Å². The van der Waals surface area contributed by atoms with E-state index in [1.165, 1.54) is 0 Å². The molecule has 0 saturated heterocycles. The van der Waals surface area contributed by atoms with E-state index in [-0.39, 0.29) is 0 Å². The summed E-state index contributed by atoms with van der Waals surface area (Å²) in [7, 11) is -6.62. The van der Waals surface area contributed by atoms with Crippen LogP contribution in [0, 0.1) is 0 Å². The van der Waals surface area contributed by atoms with Crippen molar-refractivity contribution < 1.29 is 21.1 Å². The van der Waals surface area contributed by atoms with Gasteiger partial charge in [0.05, 0.1) is 6.26 Å². The summed E-state index contributed by atoms with van der Waals surface area (Å²) >= 11 is 0. The summed E-state index contributed by atoms with van der Waals surface area (Å²) in [5.74, 6) is 0. The first kappa shape index (κ1) is 8.53. The lowest BCUT2D eigenvalue weighted by atomic mass is 12.0. The molecule has 0 radical (unpaired) electrons. The van der Waals surface area contributed by atoms with Crippen LogP contribution in [0.15, 0.2) is 4.53 Å². The molecule has 0 aromatic carbocycles. The minimum Gasteiger partial charge on any atom is -0.198 e. The van der Waals surface area contributed by atoms with E-state index in [0.717, 1.165) is 0 Å². The highest BCUT2D eigenvalue weighted by atomic mass is 32.2. The van der Waals surface area contributed by atoms with Crippen LogP contribution in [0.25, 0.3) is 0 Å². The van der Waals surface area contributed by atoms with Gasteiger partial charge in [-0.1, -0.05) is 0 Å². The molecule has 0 spiro atoms. The van der Waals surface area contributed by atoms with Gasteiger partial charge in [0.2, 0.25) is 0 Å². The van der Waals surface area contributed by atoms with Crippen LogP contribution in [0.5, 0.6) is 0 Å². The van der Waals surface area contributed by atoms with Crippen molar-refractivity contribution in [2.75, 3.05) is 6.26 Å². The lowest BCUT2D eigenvalue weighted by Crippen LogP contribution is -1.95. The van der Waals surface area contributed by atoms with Crippen molar-refractivity contribution in [2.45, 2.75) is 0 Å². The topological polar surface area (TPSA) is 89.9 Å². The molecule has 0 aliphatic heterocycles. The van der Waals surface area contributed by atoms with Crippen molar-refractivity contribution in [1.29, 1.82) is 0 Å². The highest BCUT2D eigenvalue weighted by molar-refractivity contribution is 7.86. The van der Waals surface area contributed by atoms with Gasteiger partial charge in [0, 0.05) is 4.53 Å². The Bertz CT molecular complexity index is 286. The predicted octanol–water partition coefficient (Wildman–Crippen LogP) is -1.06. The third-order valence-electron chi connectivity index (χ3n) is 0.227. The second-order valence-corrected chi connectivity index (χ2v) is 3.21. The van der Waals surface area contributed by atoms with Crippen LogP contribution in [-0.2, 0) is 24.9 Å². The molecule has 0 amide bonds. The molecule has 0 heterocycles. The first-order valence-electron chi connectivity index (χ1n) is 1.61. The second-order valence-electron chi connectivity index (χ2n) is 1.07. The molecular weight excluding hydrogens is 170 g/mol. The first-order valence-corrected chi connectivity index (χ1v) is 4.46. The molecule has 54 valence electrons. The van der Waals surface area contributed by atoms with Gasteiger partial charge in [-0.15, -0.1) is 4.28 Å². The molecule has 0 aliphatic rings. The fourth-order valence-corrected chi connectivity index (χ4v) is 0.721. The maximum atomic E-state index is 9.95. The average Bonchev–Trinajstić information content (AvgIpc) is 1.59. The van der Waals surface area contributed by atoms with E-state index >= 15 is 0 Å². The van der Waals surface area contributed by atoms with Crippen LogP contribution in [0.3, 0.4) is 0 Å². The van der Waals surface area contributed by atoms with Crippen molar-refractivity contribution in [2.24, 2.45) is 4.53 Å². The maximum Gasteiger partial charge on any atom is 0.340 e. The molecule has 0 fully saturated rings. The summed E-state index contributed by atoms with van der Waals surface area (Å²) < 4.78 is 44.6. The van der Waals surface area contributed by atoms with E-state index in [4.69, 9.17) is 0 Å². The molecule has 0 bridgehead atoms. The van der Waals surface area contributed by atoms with Gasteiger partial charge in [-0.3, -0.25) is 0 Å². The highest BCUT2D eigenvalue weighted by Crippen LogP contribution is 1.84. The van der Waals surface area contributed by atoms with Gasteiger partial charge in [-0.25, -0.2) is 0 Å². The lowest BCUT2D eigenvalue weighted by molar-refractivity contribution is 0.346. The standard InChI is InChI=1S/CH3NO5S2/c1-9(5,6)7-2-8(3)4/h1H3. The third-order valence-corrected chi connectivity index (χ3v) is 0.863. The van der Waals surface area contributed by atoms with Gasteiger partial charge in [0.1, 0.15) is 0 Å². The van der Waals surface area contributed by atoms with Gasteiger partial charge in [-0.2, -0.15) is 16.8 Å². The summed E-state index contributed by atoms with van der Waals surface area (Å²) in [5.41, 5.74) is 0. The number of nitrogens with zero attached hydrogens (tertiary/aromatic N) is 1. The summed E-state index contributed by atoms with van der Waals surface area (Å²) in [6, 6.07) is 0. The first-order chi connectivity index (χ1) is 3.92. The normalized spacial score (nSPS) is 10.8. The number of hydrogen-bond acceptors (Lipinski definition) is 6. The molecule has 0 aromatic rings. The van der Waals surface area contributed by atoms with E-state index in [1.54, 1.807) is 0 Å². The predicted molar refractivity (Wildman–Crippen MR) is 27.3 cm³/mol. The van der Waals surface area contributed by atoms with E-state index in [1.807, 2.05) is 0 Å². The highest BCUT2D eigenvalue weighted by Gasteiger charge is 1.98. The Morgan fingerprint density at radius 2 is 1.89 bits per heavy atom. The Labute approximate surface area is 53.2 Å². The van der Waals surface area contributed by atoms with E-state index in [9.17, 15) is 16.8 Å². The van der Waals surface area contributed by atoms with Crippen molar-refractivity contribution in [1.82, 2.24) is 0 Å². The molecule has 0 rings (SSSR count). The summed E-state index contributed by atoms with van der Waals surface area (Å²) in [6.07, 6.45) is 0.684. The van der Waals surface area contributed by atoms with Crippen LogP contribution in [0.2, 0.25) is 0 Å². The molecular formula is CH3NO5S2. The molecule has 0 unspecified atom stereocenters. The van der Waals surface area contributed by atoms with Crippen LogP contribution < -0.4 is 0 Å². The fraction of sp³-hybridized carbons (Fsp3) is 1.00. The second kappa shape index (κ2) is 2.90. The van der Waals surface area contributed by atoms with Crippen LogP contribution in [0.1, 0.15) is 0 Å². The maximum absolute atomic E-state index is 9.95. The van der Waals surface area contributed by atoms with E-state index < -0.39 is 20.6 Å². The molecule has 0 N–H and O–H groups in total. The molecule has 0 aromatic heterocycles. The zero-order valence-corrected chi connectivity index (χ0v) is 5.94. The number of hydrogen-bond donors (Lipinski definition) is 0. The van der Waals surface area contributed by atoms with E-state index in [0.29, 0.717) is 6.26 Å². The fourth-order valence-electron chi connectivity index (χ4n) is 0.0801. The zero-order valence-electron chi connectivity index (χ0n) is 4.30. The Morgan fingerprint density at radius 3 is 2.00 bits per heavy atom. The molecule has 0 saturated carbocycles. The lowest BCUT2D eigenvalue weighted by Gasteiger charge is -1.82. The number of rotatable bonds is 2. The van der Waals surface area contributed by atoms with Gasteiger partial charge < -0.3 is 0 Å². The molecule has 8 heteroatoms. The quantitative estimate of drug-likeness (QED) is 0.496. The Hall–Kier alpha value is -0.470. The largest absolute Gasteiger partial charge is 0.340 e. The van der Waals surface area contributed by atoms with Gasteiger partial charge >= 0.3 is 10.5 Å². The van der Waals surface area contributed by atoms with Crippen LogP contribution in [-0.4, -0.2) is 23.1 Å². The minimum atomic E-state index is -3.78. The van der Waals surface area contributed by atoms with Crippen molar-refractivity contribution in [3.05, 3.63) is 0 Å². The minimum absolute atomic E-state index is 0.684. The average molecular weight is 173 g/mol. The third kappa shape index (κ3) is 7.53. The molecule has 0 aliphatic carbocycles. The molecule has 0 atom stereocenters. The van der Waals surface area contributed by atoms with Gasteiger partial charge in [0.15, 0.2) is 0 Å². The van der Waals surface area contributed by atoms with Gasteiger partial charge in [0.25, 0.3) is 10.1 Å². The Balaban J connectivity index is 4.29. The smallest absolute Gasteiger partial charge is 0.198 e. The SMILES string of the molecule is CS(=O)(=O)ON=S(=O)=O.